The lowest BCUT2D eigenvalue weighted by Crippen LogP contribution is -2.41. The number of rotatable bonds is 5. The van der Waals surface area contributed by atoms with Crippen LogP contribution < -0.4 is 15.4 Å². The normalized spacial score (nSPS) is 15.7. The molecule has 1 aromatic carbocycles. The van der Waals surface area contributed by atoms with Crippen molar-refractivity contribution in [1.82, 2.24) is 5.32 Å². The van der Waals surface area contributed by atoms with Crippen molar-refractivity contribution in [2.75, 3.05) is 32.2 Å². The van der Waals surface area contributed by atoms with E-state index in [1.165, 1.54) is 25.3 Å². The van der Waals surface area contributed by atoms with Crippen molar-refractivity contribution in [2.45, 2.75) is 18.9 Å². The van der Waals surface area contributed by atoms with Gasteiger partial charge in [-0.15, -0.1) is 0 Å². The Balaban J connectivity index is 1.83. The molecule has 1 saturated heterocycles. The Morgan fingerprint density at radius 2 is 2.20 bits per heavy atom. The SMILES string of the molecule is COc1ccc(F)c(NCC(=O)NC2CCOCC2)c1. The van der Waals surface area contributed by atoms with Crippen molar-refractivity contribution < 1.29 is 18.7 Å². The topological polar surface area (TPSA) is 59.6 Å². The molecule has 0 aromatic heterocycles. The fourth-order valence-electron chi connectivity index (χ4n) is 2.06. The summed E-state index contributed by atoms with van der Waals surface area (Å²) < 4.78 is 23.8. The number of hydrogen-bond donors (Lipinski definition) is 2. The van der Waals surface area contributed by atoms with E-state index in [-0.39, 0.29) is 24.2 Å². The molecule has 1 aliphatic heterocycles. The molecule has 6 heteroatoms. The lowest BCUT2D eigenvalue weighted by Gasteiger charge is -2.23. The molecule has 0 aliphatic carbocycles. The number of amides is 1. The number of anilines is 1. The Hall–Kier alpha value is -1.82. The number of hydrogen-bond acceptors (Lipinski definition) is 4. The van der Waals surface area contributed by atoms with Gasteiger partial charge in [0, 0.05) is 25.3 Å². The molecule has 5 nitrogen and oxygen atoms in total. The molecule has 2 N–H and O–H groups in total. The average Bonchev–Trinajstić information content (AvgIpc) is 2.47. The van der Waals surface area contributed by atoms with Crippen LogP contribution in [-0.4, -0.2) is 38.8 Å². The van der Waals surface area contributed by atoms with Crippen molar-refractivity contribution in [3.63, 3.8) is 0 Å². The average molecular weight is 282 g/mol. The minimum Gasteiger partial charge on any atom is -0.497 e. The van der Waals surface area contributed by atoms with E-state index in [4.69, 9.17) is 9.47 Å². The monoisotopic (exact) mass is 282 g/mol. The van der Waals surface area contributed by atoms with Gasteiger partial charge < -0.3 is 20.1 Å². The Labute approximate surface area is 117 Å². The summed E-state index contributed by atoms with van der Waals surface area (Å²) in [5.74, 6) is -0.0254. The van der Waals surface area contributed by atoms with Crippen LogP contribution in [0.25, 0.3) is 0 Å². The highest BCUT2D eigenvalue weighted by Crippen LogP contribution is 2.20. The summed E-state index contributed by atoms with van der Waals surface area (Å²) in [6.07, 6.45) is 1.64. The third-order valence-electron chi connectivity index (χ3n) is 3.20. The molecule has 20 heavy (non-hydrogen) atoms. The fraction of sp³-hybridized carbons (Fsp3) is 0.500. The molecule has 2 rings (SSSR count). The first-order valence-corrected chi connectivity index (χ1v) is 6.63. The summed E-state index contributed by atoms with van der Waals surface area (Å²) in [5.41, 5.74) is 0.256. The van der Waals surface area contributed by atoms with E-state index in [9.17, 15) is 9.18 Å². The smallest absolute Gasteiger partial charge is 0.239 e. The second-order valence-electron chi connectivity index (χ2n) is 4.65. The van der Waals surface area contributed by atoms with E-state index in [0.717, 1.165) is 12.8 Å². The maximum atomic E-state index is 13.5. The molecule has 1 fully saturated rings. The number of methoxy groups -OCH3 is 1. The van der Waals surface area contributed by atoms with E-state index in [2.05, 4.69) is 10.6 Å². The van der Waals surface area contributed by atoms with Crippen LogP contribution in [-0.2, 0) is 9.53 Å². The predicted octanol–water partition coefficient (Wildman–Crippen LogP) is 1.54. The van der Waals surface area contributed by atoms with Crippen LogP contribution in [0.3, 0.4) is 0 Å². The van der Waals surface area contributed by atoms with Gasteiger partial charge in [-0.25, -0.2) is 4.39 Å². The van der Waals surface area contributed by atoms with Gasteiger partial charge in [-0.1, -0.05) is 0 Å². The second-order valence-corrected chi connectivity index (χ2v) is 4.65. The summed E-state index contributed by atoms with van der Waals surface area (Å²) in [4.78, 5) is 11.8. The fourth-order valence-corrected chi connectivity index (χ4v) is 2.06. The standard InChI is InChI=1S/C14H19FN2O3/c1-19-11-2-3-12(15)13(8-11)16-9-14(18)17-10-4-6-20-7-5-10/h2-3,8,10,16H,4-7,9H2,1H3,(H,17,18). The van der Waals surface area contributed by atoms with E-state index < -0.39 is 5.82 Å². The Kier molecular flexibility index (Phi) is 5.17. The molecule has 0 atom stereocenters. The molecule has 110 valence electrons. The summed E-state index contributed by atoms with van der Waals surface area (Å²) in [6, 6.07) is 4.50. The van der Waals surface area contributed by atoms with Crippen LogP contribution in [0.4, 0.5) is 10.1 Å². The zero-order chi connectivity index (χ0) is 14.4. The molecule has 1 heterocycles. The molecule has 1 amide bonds. The van der Waals surface area contributed by atoms with Crippen molar-refractivity contribution in [2.24, 2.45) is 0 Å². The molecule has 0 saturated carbocycles. The lowest BCUT2D eigenvalue weighted by molar-refractivity contribution is -0.120. The van der Waals surface area contributed by atoms with Crippen molar-refractivity contribution >= 4 is 11.6 Å². The number of carbonyl (C=O) groups excluding carboxylic acids is 1. The third-order valence-corrected chi connectivity index (χ3v) is 3.20. The van der Waals surface area contributed by atoms with Gasteiger partial charge in [0.25, 0.3) is 0 Å². The quantitative estimate of drug-likeness (QED) is 0.860. The maximum absolute atomic E-state index is 13.5. The van der Waals surface area contributed by atoms with Gasteiger partial charge in [0.05, 0.1) is 19.3 Å². The van der Waals surface area contributed by atoms with Crippen LogP contribution in [0.5, 0.6) is 5.75 Å². The first kappa shape index (κ1) is 14.6. The Morgan fingerprint density at radius 1 is 1.45 bits per heavy atom. The Bertz CT molecular complexity index is 462. The maximum Gasteiger partial charge on any atom is 0.239 e. The highest BCUT2D eigenvalue weighted by Gasteiger charge is 2.16. The van der Waals surface area contributed by atoms with Crippen LogP contribution in [0.15, 0.2) is 18.2 Å². The molecule has 1 aliphatic rings. The first-order valence-electron chi connectivity index (χ1n) is 6.63. The van der Waals surface area contributed by atoms with Crippen LogP contribution in [0.1, 0.15) is 12.8 Å². The third kappa shape index (κ3) is 4.09. The van der Waals surface area contributed by atoms with Crippen LogP contribution in [0, 0.1) is 5.82 Å². The highest BCUT2D eigenvalue weighted by molar-refractivity contribution is 5.81. The van der Waals surface area contributed by atoms with Gasteiger partial charge in [0.15, 0.2) is 0 Å². The number of halogens is 1. The molecule has 0 spiro atoms. The predicted molar refractivity (Wildman–Crippen MR) is 73.4 cm³/mol. The number of nitrogens with one attached hydrogen (secondary N) is 2. The Morgan fingerprint density at radius 3 is 2.90 bits per heavy atom. The van der Waals surface area contributed by atoms with Gasteiger partial charge in [0.2, 0.25) is 5.91 Å². The van der Waals surface area contributed by atoms with Crippen LogP contribution in [0.2, 0.25) is 0 Å². The van der Waals surface area contributed by atoms with E-state index in [1.807, 2.05) is 0 Å². The largest absolute Gasteiger partial charge is 0.497 e. The zero-order valence-corrected chi connectivity index (χ0v) is 11.4. The second kappa shape index (κ2) is 7.09. The van der Waals surface area contributed by atoms with E-state index >= 15 is 0 Å². The molecule has 0 unspecified atom stereocenters. The van der Waals surface area contributed by atoms with Crippen molar-refractivity contribution in [3.8, 4) is 5.75 Å². The summed E-state index contributed by atoms with van der Waals surface area (Å²) in [7, 11) is 1.51. The lowest BCUT2D eigenvalue weighted by atomic mass is 10.1. The molecular formula is C14H19FN2O3. The zero-order valence-electron chi connectivity index (χ0n) is 11.4. The highest BCUT2D eigenvalue weighted by atomic mass is 19.1. The van der Waals surface area contributed by atoms with Gasteiger partial charge in [-0.2, -0.15) is 0 Å². The van der Waals surface area contributed by atoms with Crippen LogP contribution >= 0.6 is 0 Å². The number of ether oxygens (including phenoxy) is 2. The van der Waals surface area contributed by atoms with Gasteiger partial charge in [-0.3, -0.25) is 4.79 Å². The molecular weight excluding hydrogens is 263 g/mol. The molecule has 0 bridgehead atoms. The van der Waals surface area contributed by atoms with Crippen molar-refractivity contribution in [3.05, 3.63) is 24.0 Å². The van der Waals surface area contributed by atoms with Gasteiger partial charge >= 0.3 is 0 Å². The van der Waals surface area contributed by atoms with Gasteiger partial charge in [0.1, 0.15) is 11.6 Å². The summed E-state index contributed by atoms with van der Waals surface area (Å²) in [5, 5.41) is 5.68. The number of carbonyl (C=O) groups is 1. The summed E-state index contributed by atoms with van der Waals surface area (Å²) in [6.45, 7) is 1.37. The number of benzene rings is 1. The summed E-state index contributed by atoms with van der Waals surface area (Å²) >= 11 is 0. The minimum atomic E-state index is -0.412. The molecule has 1 aromatic rings. The molecule has 0 radical (unpaired) electrons. The first-order chi connectivity index (χ1) is 9.69. The van der Waals surface area contributed by atoms with E-state index in [1.54, 1.807) is 0 Å². The van der Waals surface area contributed by atoms with Crippen molar-refractivity contribution in [1.29, 1.82) is 0 Å². The van der Waals surface area contributed by atoms with E-state index in [0.29, 0.717) is 19.0 Å². The minimum absolute atomic E-state index is 0.0292. The van der Waals surface area contributed by atoms with Gasteiger partial charge in [-0.05, 0) is 25.0 Å².